The summed E-state index contributed by atoms with van der Waals surface area (Å²) in [4.78, 5) is 11.4. The number of aromatic nitrogens is 2. The first-order chi connectivity index (χ1) is 10.8. The quantitative estimate of drug-likeness (QED) is 0.819. The van der Waals surface area contributed by atoms with Crippen LogP contribution in [-0.4, -0.2) is 34.1 Å². The van der Waals surface area contributed by atoms with Crippen LogP contribution in [0.5, 0.6) is 0 Å². The fourth-order valence-corrected chi connectivity index (χ4v) is 3.47. The summed E-state index contributed by atoms with van der Waals surface area (Å²) < 4.78 is 5.99. The van der Waals surface area contributed by atoms with E-state index in [4.69, 9.17) is 4.74 Å². The molecule has 0 atom stereocenters. The van der Waals surface area contributed by atoms with Crippen molar-refractivity contribution in [1.82, 2.24) is 14.9 Å². The molecule has 0 N–H and O–H groups in total. The molecule has 1 aliphatic heterocycles. The van der Waals surface area contributed by atoms with Crippen LogP contribution in [0.15, 0.2) is 29.8 Å². The number of likely N-dealkylation sites (tertiary alicyclic amines) is 1. The summed E-state index contributed by atoms with van der Waals surface area (Å²) in [6.45, 7) is 5.94. The Morgan fingerprint density at radius 2 is 2.14 bits per heavy atom. The third-order valence-corrected chi connectivity index (χ3v) is 5.06. The average molecular weight is 317 g/mol. The second-order valence-electron chi connectivity index (χ2n) is 5.69. The first kappa shape index (κ1) is 15.6. The van der Waals surface area contributed by atoms with Gasteiger partial charge in [-0.05, 0) is 31.4 Å². The van der Waals surface area contributed by atoms with Crippen LogP contribution in [0, 0.1) is 0 Å². The molecule has 1 saturated heterocycles. The molecule has 0 amide bonds. The van der Waals surface area contributed by atoms with Crippen molar-refractivity contribution in [3.05, 3.63) is 46.2 Å². The van der Waals surface area contributed by atoms with Gasteiger partial charge >= 0.3 is 0 Å². The summed E-state index contributed by atoms with van der Waals surface area (Å²) in [5, 5.41) is 3.44. The standard InChI is InChI=1S/C17H23N3OS/c1-2-17-19-15(13-22-17)11-20-9-6-16(7-10-20)21-12-14-5-3-4-8-18-14/h3-5,8,13,16H,2,6-7,9-12H2,1H3. The summed E-state index contributed by atoms with van der Waals surface area (Å²) in [6.07, 6.45) is 5.41. The van der Waals surface area contributed by atoms with Gasteiger partial charge in [0, 0.05) is 31.2 Å². The normalized spacial score (nSPS) is 17.0. The Hall–Kier alpha value is -1.30. The van der Waals surface area contributed by atoms with Crippen molar-refractivity contribution in [3.63, 3.8) is 0 Å². The fourth-order valence-electron chi connectivity index (χ4n) is 2.73. The van der Waals surface area contributed by atoms with Crippen molar-refractivity contribution in [2.45, 2.75) is 45.4 Å². The third kappa shape index (κ3) is 4.35. The fraction of sp³-hybridized carbons (Fsp3) is 0.529. The molecule has 0 aromatic carbocycles. The van der Waals surface area contributed by atoms with Gasteiger partial charge in [-0.25, -0.2) is 4.98 Å². The largest absolute Gasteiger partial charge is 0.372 e. The summed E-state index contributed by atoms with van der Waals surface area (Å²) in [7, 11) is 0. The molecule has 2 aromatic heterocycles. The second-order valence-corrected chi connectivity index (χ2v) is 6.64. The maximum absolute atomic E-state index is 5.99. The highest BCUT2D eigenvalue weighted by Crippen LogP contribution is 2.18. The molecule has 1 fully saturated rings. The van der Waals surface area contributed by atoms with Gasteiger partial charge in [-0.3, -0.25) is 9.88 Å². The van der Waals surface area contributed by atoms with E-state index < -0.39 is 0 Å². The molecule has 0 aliphatic carbocycles. The smallest absolute Gasteiger partial charge is 0.0926 e. The van der Waals surface area contributed by atoms with Gasteiger partial charge in [0.15, 0.2) is 0 Å². The van der Waals surface area contributed by atoms with E-state index in [1.165, 1.54) is 10.7 Å². The molecule has 22 heavy (non-hydrogen) atoms. The summed E-state index contributed by atoms with van der Waals surface area (Å²) >= 11 is 1.77. The van der Waals surface area contributed by atoms with E-state index in [0.29, 0.717) is 12.7 Å². The molecule has 0 unspecified atom stereocenters. The van der Waals surface area contributed by atoms with Gasteiger partial charge in [0.1, 0.15) is 0 Å². The molecule has 5 heteroatoms. The molecule has 0 bridgehead atoms. The minimum Gasteiger partial charge on any atom is -0.372 e. The topological polar surface area (TPSA) is 38.2 Å². The minimum atomic E-state index is 0.361. The molecule has 2 aromatic rings. The van der Waals surface area contributed by atoms with Gasteiger partial charge in [0.2, 0.25) is 0 Å². The predicted molar refractivity (Wildman–Crippen MR) is 88.8 cm³/mol. The Kier molecular flexibility index (Phi) is 5.53. The van der Waals surface area contributed by atoms with Crippen LogP contribution in [0.1, 0.15) is 36.2 Å². The first-order valence-corrected chi connectivity index (χ1v) is 8.88. The highest BCUT2D eigenvalue weighted by atomic mass is 32.1. The lowest BCUT2D eigenvalue weighted by molar-refractivity contribution is -0.00540. The molecule has 3 rings (SSSR count). The van der Waals surface area contributed by atoms with Crippen molar-refractivity contribution in [2.24, 2.45) is 0 Å². The molecule has 4 nitrogen and oxygen atoms in total. The van der Waals surface area contributed by atoms with Gasteiger partial charge in [0.05, 0.1) is 29.1 Å². The maximum atomic E-state index is 5.99. The lowest BCUT2D eigenvalue weighted by atomic mass is 10.1. The summed E-state index contributed by atoms with van der Waals surface area (Å²) in [5.41, 5.74) is 2.23. The van der Waals surface area contributed by atoms with Gasteiger partial charge in [-0.15, -0.1) is 11.3 Å². The Morgan fingerprint density at radius 3 is 2.82 bits per heavy atom. The van der Waals surface area contributed by atoms with Crippen LogP contribution in [0.2, 0.25) is 0 Å². The van der Waals surface area contributed by atoms with Crippen molar-refractivity contribution in [2.75, 3.05) is 13.1 Å². The van der Waals surface area contributed by atoms with Crippen molar-refractivity contribution < 1.29 is 4.74 Å². The highest BCUT2D eigenvalue weighted by Gasteiger charge is 2.20. The number of pyridine rings is 1. The zero-order valence-electron chi connectivity index (χ0n) is 13.1. The zero-order valence-corrected chi connectivity index (χ0v) is 13.9. The molecule has 0 radical (unpaired) electrons. The van der Waals surface area contributed by atoms with E-state index in [0.717, 1.165) is 44.6 Å². The lowest BCUT2D eigenvalue weighted by Crippen LogP contribution is -2.36. The van der Waals surface area contributed by atoms with Crippen molar-refractivity contribution in [3.8, 4) is 0 Å². The van der Waals surface area contributed by atoms with Crippen molar-refractivity contribution in [1.29, 1.82) is 0 Å². The number of nitrogens with zero attached hydrogens (tertiary/aromatic N) is 3. The molecular weight excluding hydrogens is 294 g/mol. The number of rotatable bonds is 6. The van der Waals surface area contributed by atoms with Crippen LogP contribution < -0.4 is 0 Å². The second kappa shape index (κ2) is 7.81. The van der Waals surface area contributed by atoms with E-state index in [9.17, 15) is 0 Å². The van der Waals surface area contributed by atoms with Gasteiger partial charge in [0.25, 0.3) is 0 Å². The Morgan fingerprint density at radius 1 is 1.27 bits per heavy atom. The number of ether oxygens (including phenoxy) is 1. The Balaban J connectivity index is 1.40. The van der Waals surface area contributed by atoms with Gasteiger partial charge in [-0.2, -0.15) is 0 Å². The molecule has 0 spiro atoms. The average Bonchev–Trinajstić information content (AvgIpc) is 3.03. The van der Waals surface area contributed by atoms with Crippen LogP contribution in [0.4, 0.5) is 0 Å². The minimum absolute atomic E-state index is 0.361. The molecule has 118 valence electrons. The lowest BCUT2D eigenvalue weighted by Gasteiger charge is -2.31. The number of hydrogen-bond acceptors (Lipinski definition) is 5. The van der Waals surface area contributed by atoms with Gasteiger partial charge < -0.3 is 4.74 Å². The van der Waals surface area contributed by atoms with Crippen LogP contribution in [-0.2, 0) is 24.3 Å². The number of thiazole rings is 1. The molecule has 1 aliphatic rings. The summed E-state index contributed by atoms with van der Waals surface area (Å²) in [6, 6.07) is 5.96. The van der Waals surface area contributed by atoms with E-state index in [1.807, 2.05) is 24.4 Å². The zero-order chi connectivity index (χ0) is 15.2. The maximum Gasteiger partial charge on any atom is 0.0926 e. The monoisotopic (exact) mass is 317 g/mol. The Labute approximate surface area is 136 Å². The third-order valence-electron chi connectivity index (χ3n) is 4.02. The first-order valence-electron chi connectivity index (χ1n) is 8.00. The highest BCUT2D eigenvalue weighted by molar-refractivity contribution is 7.09. The SMILES string of the molecule is CCc1nc(CN2CCC(OCc3ccccn3)CC2)cs1. The molecule has 0 saturated carbocycles. The number of hydrogen-bond donors (Lipinski definition) is 0. The van der Waals surface area contributed by atoms with E-state index in [1.54, 1.807) is 11.3 Å². The van der Waals surface area contributed by atoms with Gasteiger partial charge in [-0.1, -0.05) is 13.0 Å². The predicted octanol–water partition coefficient (Wildman–Crippen LogP) is 3.28. The molecular formula is C17H23N3OS. The van der Waals surface area contributed by atoms with Crippen LogP contribution in [0.25, 0.3) is 0 Å². The van der Waals surface area contributed by atoms with Crippen molar-refractivity contribution >= 4 is 11.3 Å². The number of aryl methyl sites for hydroxylation is 1. The number of piperidine rings is 1. The van der Waals surface area contributed by atoms with Crippen LogP contribution >= 0.6 is 11.3 Å². The molecule has 3 heterocycles. The van der Waals surface area contributed by atoms with E-state index in [2.05, 4.69) is 27.2 Å². The van der Waals surface area contributed by atoms with E-state index in [-0.39, 0.29) is 0 Å². The Bertz CT molecular complexity index is 564. The van der Waals surface area contributed by atoms with Crippen LogP contribution in [0.3, 0.4) is 0 Å². The summed E-state index contributed by atoms with van der Waals surface area (Å²) in [5.74, 6) is 0. The van der Waals surface area contributed by atoms with E-state index >= 15 is 0 Å².